The van der Waals surface area contributed by atoms with Gasteiger partial charge in [0.05, 0.1) is 11.1 Å². The van der Waals surface area contributed by atoms with Gasteiger partial charge in [0.25, 0.3) is 0 Å². The van der Waals surface area contributed by atoms with Gasteiger partial charge in [-0.1, -0.05) is 30.3 Å². The van der Waals surface area contributed by atoms with Gasteiger partial charge in [-0.25, -0.2) is 15.0 Å². The van der Waals surface area contributed by atoms with E-state index in [1.807, 2.05) is 6.07 Å². The quantitative estimate of drug-likeness (QED) is 0.766. The minimum absolute atomic E-state index is 0.00495. The van der Waals surface area contributed by atoms with Gasteiger partial charge in [0, 0.05) is 12.4 Å². The van der Waals surface area contributed by atoms with Crippen molar-refractivity contribution in [3.05, 3.63) is 54.6 Å². The third-order valence-corrected chi connectivity index (χ3v) is 3.77. The molecule has 0 radical (unpaired) electrons. The fourth-order valence-corrected chi connectivity index (χ4v) is 2.44. The highest BCUT2D eigenvalue weighted by Gasteiger charge is 2.44. The van der Waals surface area contributed by atoms with Crippen LogP contribution in [0.2, 0.25) is 0 Å². The van der Waals surface area contributed by atoms with E-state index in [1.54, 1.807) is 12.4 Å². The molecule has 4 rings (SSSR count). The van der Waals surface area contributed by atoms with Crippen molar-refractivity contribution in [1.82, 2.24) is 25.1 Å². The molecule has 1 fully saturated rings. The molecular weight excluding hydrogens is 264 g/mol. The molecule has 21 heavy (non-hydrogen) atoms. The SMILES string of the molecule is c1ccc(C2(Nc3ncc(-c4ncn[nH]4)cn3)CC2)cc1. The molecule has 0 aliphatic heterocycles. The second-order valence-electron chi connectivity index (χ2n) is 5.20. The van der Waals surface area contributed by atoms with Crippen LogP contribution in [0.1, 0.15) is 18.4 Å². The minimum atomic E-state index is -0.00495. The van der Waals surface area contributed by atoms with Crippen LogP contribution in [0.3, 0.4) is 0 Å². The van der Waals surface area contributed by atoms with Crippen LogP contribution < -0.4 is 5.32 Å². The van der Waals surface area contributed by atoms with Gasteiger partial charge < -0.3 is 5.32 Å². The standard InChI is InChI=1S/C15H14N6/c1-2-4-12(5-3-1)15(6-7-15)20-14-16-8-11(9-17-14)13-18-10-19-21-13/h1-5,8-10H,6-7H2,(H,16,17,20)(H,18,19,21). The molecule has 2 N–H and O–H groups in total. The first kappa shape index (κ1) is 12.0. The third-order valence-electron chi connectivity index (χ3n) is 3.77. The third kappa shape index (κ3) is 2.24. The van der Waals surface area contributed by atoms with Crippen LogP contribution in [0.25, 0.3) is 11.4 Å². The number of nitrogens with one attached hydrogen (secondary N) is 2. The normalized spacial score (nSPS) is 15.6. The Bertz CT molecular complexity index is 717. The van der Waals surface area contributed by atoms with E-state index < -0.39 is 0 Å². The van der Waals surface area contributed by atoms with Crippen LogP contribution in [-0.2, 0) is 5.54 Å². The molecule has 0 unspecified atom stereocenters. The van der Waals surface area contributed by atoms with E-state index in [0.717, 1.165) is 18.4 Å². The molecule has 2 aromatic heterocycles. The molecule has 0 atom stereocenters. The highest BCUT2D eigenvalue weighted by Crippen LogP contribution is 2.47. The van der Waals surface area contributed by atoms with Gasteiger partial charge in [0.2, 0.25) is 5.95 Å². The second kappa shape index (κ2) is 4.66. The molecular formula is C15H14N6. The van der Waals surface area contributed by atoms with Crippen LogP contribution in [0, 0.1) is 0 Å². The number of H-pyrrole nitrogens is 1. The Morgan fingerprint density at radius 2 is 1.76 bits per heavy atom. The zero-order chi connectivity index (χ0) is 14.1. The van der Waals surface area contributed by atoms with Gasteiger partial charge in [-0.15, -0.1) is 0 Å². The van der Waals surface area contributed by atoms with Crippen molar-refractivity contribution in [2.75, 3.05) is 5.32 Å². The summed E-state index contributed by atoms with van der Waals surface area (Å²) in [6.45, 7) is 0. The average Bonchev–Trinajstić information content (AvgIpc) is 3.12. The zero-order valence-corrected chi connectivity index (χ0v) is 11.3. The van der Waals surface area contributed by atoms with E-state index in [9.17, 15) is 0 Å². The van der Waals surface area contributed by atoms with Crippen LogP contribution >= 0.6 is 0 Å². The molecule has 1 saturated carbocycles. The Labute approximate surface area is 121 Å². The van der Waals surface area contributed by atoms with E-state index in [2.05, 4.69) is 54.7 Å². The lowest BCUT2D eigenvalue weighted by atomic mass is 10.1. The molecule has 3 aromatic rings. The molecule has 0 spiro atoms. The molecule has 1 aliphatic carbocycles. The van der Waals surface area contributed by atoms with Gasteiger partial charge in [-0.2, -0.15) is 5.10 Å². The average molecular weight is 278 g/mol. The summed E-state index contributed by atoms with van der Waals surface area (Å²) in [7, 11) is 0. The predicted octanol–water partition coefficient (Wildman–Crippen LogP) is 2.36. The first-order valence-corrected chi connectivity index (χ1v) is 6.87. The number of nitrogens with zero attached hydrogens (tertiary/aromatic N) is 4. The summed E-state index contributed by atoms with van der Waals surface area (Å²) in [4.78, 5) is 12.8. The minimum Gasteiger partial charge on any atom is -0.345 e. The van der Waals surface area contributed by atoms with E-state index in [0.29, 0.717) is 11.8 Å². The number of hydrogen-bond donors (Lipinski definition) is 2. The number of aromatic nitrogens is 5. The second-order valence-corrected chi connectivity index (χ2v) is 5.20. The Hall–Kier alpha value is -2.76. The van der Waals surface area contributed by atoms with Crippen molar-refractivity contribution in [3.63, 3.8) is 0 Å². The van der Waals surface area contributed by atoms with Crippen molar-refractivity contribution in [1.29, 1.82) is 0 Å². The Morgan fingerprint density at radius 3 is 2.38 bits per heavy atom. The first-order chi connectivity index (χ1) is 10.4. The van der Waals surface area contributed by atoms with Crippen molar-refractivity contribution < 1.29 is 0 Å². The lowest BCUT2D eigenvalue weighted by Crippen LogP contribution is -2.20. The maximum atomic E-state index is 4.38. The number of hydrogen-bond acceptors (Lipinski definition) is 5. The fraction of sp³-hybridized carbons (Fsp3) is 0.200. The summed E-state index contributed by atoms with van der Waals surface area (Å²) in [5.74, 6) is 1.31. The summed E-state index contributed by atoms with van der Waals surface area (Å²) in [5, 5.41) is 10.1. The summed E-state index contributed by atoms with van der Waals surface area (Å²) >= 11 is 0. The summed E-state index contributed by atoms with van der Waals surface area (Å²) < 4.78 is 0. The van der Waals surface area contributed by atoms with Crippen LogP contribution in [0.5, 0.6) is 0 Å². The molecule has 6 heteroatoms. The predicted molar refractivity (Wildman–Crippen MR) is 78.4 cm³/mol. The number of rotatable bonds is 4. The monoisotopic (exact) mass is 278 g/mol. The molecule has 104 valence electrons. The van der Waals surface area contributed by atoms with E-state index in [4.69, 9.17) is 0 Å². The van der Waals surface area contributed by atoms with Crippen molar-refractivity contribution >= 4 is 5.95 Å². The highest BCUT2D eigenvalue weighted by molar-refractivity contribution is 5.52. The molecule has 0 saturated heterocycles. The van der Waals surface area contributed by atoms with E-state index >= 15 is 0 Å². The first-order valence-electron chi connectivity index (χ1n) is 6.87. The molecule has 1 aliphatic rings. The largest absolute Gasteiger partial charge is 0.345 e. The van der Waals surface area contributed by atoms with Crippen LogP contribution in [-0.4, -0.2) is 25.1 Å². The van der Waals surface area contributed by atoms with Gasteiger partial charge in [-0.05, 0) is 18.4 Å². The molecule has 0 bridgehead atoms. The zero-order valence-electron chi connectivity index (χ0n) is 11.3. The number of aromatic amines is 1. The summed E-state index contributed by atoms with van der Waals surface area (Å²) in [6.07, 6.45) is 7.17. The lowest BCUT2D eigenvalue weighted by Gasteiger charge is -2.17. The van der Waals surface area contributed by atoms with Gasteiger partial charge in [0.15, 0.2) is 5.82 Å². The van der Waals surface area contributed by atoms with Gasteiger partial charge >= 0.3 is 0 Å². The van der Waals surface area contributed by atoms with Crippen molar-refractivity contribution in [3.8, 4) is 11.4 Å². The smallest absolute Gasteiger partial charge is 0.223 e. The Balaban J connectivity index is 1.56. The molecule has 2 heterocycles. The van der Waals surface area contributed by atoms with Crippen LogP contribution in [0.15, 0.2) is 49.1 Å². The maximum Gasteiger partial charge on any atom is 0.223 e. The van der Waals surface area contributed by atoms with Crippen LogP contribution in [0.4, 0.5) is 5.95 Å². The number of benzene rings is 1. The topological polar surface area (TPSA) is 79.4 Å². The highest BCUT2D eigenvalue weighted by atomic mass is 15.2. The van der Waals surface area contributed by atoms with Gasteiger partial charge in [0.1, 0.15) is 6.33 Å². The Kier molecular flexibility index (Phi) is 2.67. The number of anilines is 1. The molecule has 0 amide bonds. The summed E-state index contributed by atoms with van der Waals surface area (Å²) in [6, 6.07) is 10.4. The van der Waals surface area contributed by atoms with E-state index in [1.165, 1.54) is 11.9 Å². The summed E-state index contributed by atoms with van der Waals surface area (Å²) in [5.41, 5.74) is 2.10. The van der Waals surface area contributed by atoms with Crippen molar-refractivity contribution in [2.24, 2.45) is 0 Å². The fourth-order valence-electron chi connectivity index (χ4n) is 2.44. The van der Waals surface area contributed by atoms with E-state index in [-0.39, 0.29) is 5.54 Å². The molecule has 1 aromatic carbocycles. The van der Waals surface area contributed by atoms with Crippen molar-refractivity contribution in [2.45, 2.75) is 18.4 Å². The Morgan fingerprint density at radius 1 is 1.00 bits per heavy atom. The maximum absolute atomic E-state index is 4.38. The van der Waals surface area contributed by atoms with Gasteiger partial charge in [-0.3, -0.25) is 5.10 Å². The molecule has 6 nitrogen and oxygen atoms in total. The lowest BCUT2D eigenvalue weighted by molar-refractivity contribution is 0.790.